The minimum atomic E-state index is -4.78. The number of aromatic nitrogens is 2. The van der Waals surface area contributed by atoms with Crippen molar-refractivity contribution in [2.24, 2.45) is 0 Å². The fourth-order valence-corrected chi connectivity index (χ4v) is 1.80. The van der Waals surface area contributed by atoms with E-state index >= 15 is 0 Å². The molecule has 0 bridgehead atoms. The highest BCUT2D eigenvalue weighted by molar-refractivity contribution is 5.54. The summed E-state index contributed by atoms with van der Waals surface area (Å²) in [4.78, 5) is 0. The first-order valence-electron chi connectivity index (χ1n) is 6.26. The Kier molecular flexibility index (Phi) is 4.26. The van der Waals surface area contributed by atoms with E-state index < -0.39 is 17.6 Å². The van der Waals surface area contributed by atoms with Gasteiger partial charge < -0.3 is 9.73 Å². The molecule has 21 heavy (non-hydrogen) atoms. The van der Waals surface area contributed by atoms with Crippen LogP contribution in [0.15, 0.2) is 22.6 Å². The predicted molar refractivity (Wildman–Crippen MR) is 66.8 cm³/mol. The van der Waals surface area contributed by atoms with Crippen molar-refractivity contribution < 1.29 is 22.0 Å². The van der Waals surface area contributed by atoms with Crippen LogP contribution in [-0.2, 0) is 6.18 Å². The molecule has 1 atom stereocenters. The Labute approximate surface area is 118 Å². The van der Waals surface area contributed by atoms with Gasteiger partial charge in [0.1, 0.15) is 5.82 Å². The number of rotatable bonds is 4. The molecule has 1 aromatic heterocycles. The zero-order chi connectivity index (χ0) is 15.6. The molecule has 0 saturated heterocycles. The number of hydrogen-bond acceptors (Lipinski definition) is 4. The summed E-state index contributed by atoms with van der Waals surface area (Å²) in [6.45, 7) is 4.35. The second-order valence-corrected chi connectivity index (χ2v) is 4.42. The van der Waals surface area contributed by atoms with Crippen LogP contribution in [0.2, 0.25) is 0 Å². The first kappa shape index (κ1) is 15.4. The lowest BCUT2D eigenvalue weighted by molar-refractivity contribution is -0.139. The molecule has 2 rings (SSSR count). The Balaban J connectivity index is 2.35. The van der Waals surface area contributed by atoms with Crippen molar-refractivity contribution in [3.05, 3.63) is 35.5 Å². The molecule has 4 nitrogen and oxygen atoms in total. The van der Waals surface area contributed by atoms with E-state index in [0.717, 1.165) is 6.07 Å². The van der Waals surface area contributed by atoms with Gasteiger partial charge in [-0.3, -0.25) is 0 Å². The molecular formula is C13H13F4N3O. The molecule has 1 heterocycles. The van der Waals surface area contributed by atoms with Crippen molar-refractivity contribution in [3.63, 3.8) is 0 Å². The van der Waals surface area contributed by atoms with Crippen LogP contribution in [-0.4, -0.2) is 16.7 Å². The molecule has 0 radical (unpaired) electrons. The molecule has 0 aliphatic rings. The van der Waals surface area contributed by atoms with E-state index in [1.54, 1.807) is 6.92 Å². The number of benzene rings is 1. The Bertz CT molecular complexity index is 624. The minimum Gasteiger partial charge on any atom is -0.419 e. The first-order chi connectivity index (χ1) is 9.82. The summed E-state index contributed by atoms with van der Waals surface area (Å²) in [5, 5.41) is 10.5. The molecule has 0 aliphatic heterocycles. The summed E-state index contributed by atoms with van der Waals surface area (Å²) in [6.07, 6.45) is -4.78. The summed E-state index contributed by atoms with van der Waals surface area (Å²) in [5.74, 6) is -1.17. The second-order valence-electron chi connectivity index (χ2n) is 4.42. The van der Waals surface area contributed by atoms with Gasteiger partial charge in [0.25, 0.3) is 0 Å². The van der Waals surface area contributed by atoms with E-state index in [9.17, 15) is 17.6 Å². The molecule has 0 aliphatic carbocycles. The van der Waals surface area contributed by atoms with E-state index in [-0.39, 0.29) is 23.4 Å². The van der Waals surface area contributed by atoms with Crippen molar-refractivity contribution >= 4 is 0 Å². The average Bonchev–Trinajstić information content (AvgIpc) is 2.88. The van der Waals surface area contributed by atoms with E-state index in [1.165, 1.54) is 6.07 Å². The lowest BCUT2D eigenvalue weighted by atomic mass is 10.1. The number of nitrogens with one attached hydrogen (secondary N) is 1. The maximum absolute atomic E-state index is 13.2. The number of halogens is 4. The summed E-state index contributed by atoms with van der Waals surface area (Å²) in [6, 6.07) is 2.33. The summed E-state index contributed by atoms with van der Waals surface area (Å²) in [7, 11) is 0. The van der Waals surface area contributed by atoms with Crippen LogP contribution in [0.25, 0.3) is 11.5 Å². The Hall–Kier alpha value is -1.96. The lowest BCUT2D eigenvalue weighted by Gasteiger charge is -2.08. The molecule has 1 aromatic carbocycles. The van der Waals surface area contributed by atoms with E-state index in [1.807, 2.05) is 6.92 Å². The summed E-state index contributed by atoms with van der Waals surface area (Å²) < 4.78 is 56.5. The second kappa shape index (κ2) is 5.80. The van der Waals surface area contributed by atoms with E-state index in [4.69, 9.17) is 4.42 Å². The quantitative estimate of drug-likeness (QED) is 0.877. The van der Waals surface area contributed by atoms with Gasteiger partial charge in [-0.15, -0.1) is 10.2 Å². The first-order valence-corrected chi connectivity index (χ1v) is 6.26. The number of alkyl halides is 3. The highest BCUT2D eigenvalue weighted by Crippen LogP contribution is 2.34. The Morgan fingerprint density at radius 1 is 1.29 bits per heavy atom. The van der Waals surface area contributed by atoms with E-state index in [0.29, 0.717) is 12.6 Å². The topological polar surface area (TPSA) is 51.0 Å². The predicted octanol–water partition coefficient (Wildman–Crippen LogP) is 3.57. The lowest BCUT2D eigenvalue weighted by Crippen LogP contribution is -2.17. The maximum atomic E-state index is 13.2. The van der Waals surface area contributed by atoms with Gasteiger partial charge in [-0.1, -0.05) is 6.92 Å². The minimum absolute atomic E-state index is 0.0196. The molecule has 0 fully saturated rings. The largest absolute Gasteiger partial charge is 0.419 e. The fraction of sp³-hybridized carbons (Fsp3) is 0.385. The summed E-state index contributed by atoms with van der Waals surface area (Å²) in [5.41, 5.74) is -1.34. The van der Waals surface area contributed by atoms with Crippen LogP contribution in [0, 0.1) is 5.82 Å². The van der Waals surface area contributed by atoms with Gasteiger partial charge in [0.2, 0.25) is 11.8 Å². The number of nitrogens with zero attached hydrogens (tertiary/aromatic N) is 2. The van der Waals surface area contributed by atoms with Crippen LogP contribution in [0.1, 0.15) is 31.3 Å². The monoisotopic (exact) mass is 303 g/mol. The third kappa shape index (κ3) is 3.38. The zero-order valence-corrected chi connectivity index (χ0v) is 11.3. The SMILES string of the molecule is CCNC(C)c1nnc(-c2ccc(F)c(C(F)(F)F)c2)o1. The van der Waals surface area contributed by atoms with Crippen LogP contribution in [0.5, 0.6) is 0 Å². The van der Waals surface area contributed by atoms with Gasteiger partial charge in [0.15, 0.2) is 0 Å². The zero-order valence-electron chi connectivity index (χ0n) is 11.3. The third-order valence-corrected chi connectivity index (χ3v) is 2.84. The van der Waals surface area contributed by atoms with E-state index in [2.05, 4.69) is 15.5 Å². The van der Waals surface area contributed by atoms with Crippen molar-refractivity contribution in [2.45, 2.75) is 26.1 Å². The van der Waals surface area contributed by atoms with Crippen molar-refractivity contribution in [1.29, 1.82) is 0 Å². The molecule has 0 amide bonds. The van der Waals surface area contributed by atoms with Crippen LogP contribution in [0.3, 0.4) is 0 Å². The molecule has 0 spiro atoms. The molecule has 114 valence electrons. The van der Waals surface area contributed by atoms with Gasteiger partial charge in [0.05, 0.1) is 11.6 Å². The Morgan fingerprint density at radius 3 is 2.62 bits per heavy atom. The molecule has 2 aromatic rings. The molecular weight excluding hydrogens is 290 g/mol. The molecule has 1 N–H and O–H groups in total. The highest BCUT2D eigenvalue weighted by Gasteiger charge is 2.34. The third-order valence-electron chi connectivity index (χ3n) is 2.84. The van der Waals surface area contributed by atoms with Crippen molar-refractivity contribution in [3.8, 4) is 11.5 Å². The van der Waals surface area contributed by atoms with Crippen molar-refractivity contribution in [1.82, 2.24) is 15.5 Å². The van der Waals surface area contributed by atoms with Gasteiger partial charge in [0, 0.05) is 5.56 Å². The number of hydrogen-bond donors (Lipinski definition) is 1. The standard InChI is InChI=1S/C13H13F4N3O/c1-3-18-7(2)11-19-20-12(21-11)8-4-5-10(14)9(6-8)13(15,16)17/h4-7,18H,3H2,1-2H3. The summed E-state index contributed by atoms with van der Waals surface area (Å²) >= 11 is 0. The molecule has 8 heteroatoms. The van der Waals surface area contributed by atoms with Crippen LogP contribution in [0.4, 0.5) is 17.6 Å². The van der Waals surface area contributed by atoms with Crippen LogP contribution < -0.4 is 5.32 Å². The normalized spacial score (nSPS) is 13.4. The maximum Gasteiger partial charge on any atom is 0.419 e. The average molecular weight is 303 g/mol. The van der Waals surface area contributed by atoms with Gasteiger partial charge in [-0.2, -0.15) is 13.2 Å². The molecule has 0 saturated carbocycles. The van der Waals surface area contributed by atoms with Gasteiger partial charge in [-0.25, -0.2) is 4.39 Å². The fourth-order valence-electron chi connectivity index (χ4n) is 1.80. The van der Waals surface area contributed by atoms with Crippen LogP contribution >= 0.6 is 0 Å². The Morgan fingerprint density at radius 2 is 2.00 bits per heavy atom. The molecule has 1 unspecified atom stereocenters. The van der Waals surface area contributed by atoms with Gasteiger partial charge in [-0.05, 0) is 31.7 Å². The smallest absolute Gasteiger partial charge is 0.419 e. The van der Waals surface area contributed by atoms with Gasteiger partial charge >= 0.3 is 6.18 Å². The highest BCUT2D eigenvalue weighted by atomic mass is 19.4. The van der Waals surface area contributed by atoms with Crippen molar-refractivity contribution in [2.75, 3.05) is 6.54 Å².